The van der Waals surface area contributed by atoms with Crippen LogP contribution in [0, 0.1) is 6.92 Å². The van der Waals surface area contributed by atoms with Gasteiger partial charge in [0.25, 0.3) is 5.91 Å². The van der Waals surface area contributed by atoms with Crippen molar-refractivity contribution in [2.45, 2.75) is 13.5 Å². The van der Waals surface area contributed by atoms with Gasteiger partial charge in [0.15, 0.2) is 0 Å². The van der Waals surface area contributed by atoms with Gasteiger partial charge in [-0.3, -0.25) is 4.79 Å². The highest BCUT2D eigenvalue weighted by Crippen LogP contribution is 2.20. The largest absolute Gasteiger partial charge is 0.497 e. The van der Waals surface area contributed by atoms with Crippen LogP contribution in [0.2, 0.25) is 5.02 Å². The van der Waals surface area contributed by atoms with Crippen LogP contribution in [0.1, 0.15) is 21.6 Å². The van der Waals surface area contributed by atoms with Gasteiger partial charge in [-0.2, -0.15) is 0 Å². The summed E-state index contributed by atoms with van der Waals surface area (Å²) in [6.07, 6.45) is 2.97. The molecule has 2 aromatic carbocycles. The van der Waals surface area contributed by atoms with E-state index >= 15 is 0 Å². The lowest BCUT2D eigenvalue weighted by Gasteiger charge is -2.09. The van der Waals surface area contributed by atoms with Gasteiger partial charge in [-0.05, 0) is 42.3 Å². The SMILES string of the molecule is COc1ccc(CNc2cnc(C(=O)Nc3cc(Cl)ccc3C)cn2)cc1. The number of carbonyl (C=O) groups is 1. The minimum atomic E-state index is -0.338. The zero-order valence-corrected chi connectivity index (χ0v) is 15.7. The molecule has 0 fully saturated rings. The van der Waals surface area contributed by atoms with Crippen LogP contribution < -0.4 is 15.4 Å². The molecule has 3 aromatic rings. The van der Waals surface area contributed by atoms with Crippen molar-refractivity contribution < 1.29 is 9.53 Å². The second kappa shape index (κ2) is 8.51. The molecule has 3 rings (SSSR count). The number of hydrogen-bond acceptors (Lipinski definition) is 5. The first-order valence-electron chi connectivity index (χ1n) is 8.31. The molecule has 0 unspecified atom stereocenters. The van der Waals surface area contributed by atoms with Gasteiger partial charge in [-0.15, -0.1) is 0 Å². The standard InChI is InChI=1S/C20H19ClN4O2/c1-13-3-6-15(21)9-17(13)25-20(26)18-11-24-19(12-22-18)23-10-14-4-7-16(27-2)8-5-14/h3-9,11-12H,10H2,1-2H3,(H,23,24)(H,25,26). The van der Waals surface area contributed by atoms with E-state index in [0.717, 1.165) is 16.9 Å². The highest BCUT2D eigenvalue weighted by Gasteiger charge is 2.10. The summed E-state index contributed by atoms with van der Waals surface area (Å²) in [6.45, 7) is 2.48. The molecule has 0 bridgehead atoms. The fourth-order valence-corrected chi connectivity index (χ4v) is 2.56. The van der Waals surface area contributed by atoms with Crippen LogP contribution in [-0.2, 0) is 6.54 Å². The van der Waals surface area contributed by atoms with E-state index in [2.05, 4.69) is 20.6 Å². The molecule has 0 aliphatic carbocycles. The Hall–Kier alpha value is -3.12. The second-order valence-corrected chi connectivity index (χ2v) is 6.34. The van der Waals surface area contributed by atoms with Crippen molar-refractivity contribution in [1.29, 1.82) is 0 Å². The number of hydrogen-bond donors (Lipinski definition) is 2. The van der Waals surface area contributed by atoms with E-state index in [4.69, 9.17) is 16.3 Å². The van der Waals surface area contributed by atoms with Crippen molar-refractivity contribution in [1.82, 2.24) is 9.97 Å². The predicted molar refractivity (Wildman–Crippen MR) is 106 cm³/mol. The molecule has 0 aliphatic heterocycles. The molecule has 0 radical (unpaired) electrons. The summed E-state index contributed by atoms with van der Waals surface area (Å²) in [4.78, 5) is 20.8. The molecule has 0 aliphatic rings. The third-order valence-electron chi connectivity index (χ3n) is 3.96. The van der Waals surface area contributed by atoms with E-state index in [9.17, 15) is 4.79 Å². The smallest absolute Gasteiger partial charge is 0.275 e. The highest BCUT2D eigenvalue weighted by atomic mass is 35.5. The fraction of sp³-hybridized carbons (Fsp3) is 0.150. The zero-order valence-electron chi connectivity index (χ0n) is 15.0. The number of methoxy groups -OCH3 is 1. The van der Waals surface area contributed by atoms with E-state index in [1.54, 1.807) is 19.2 Å². The Labute approximate surface area is 162 Å². The maximum Gasteiger partial charge on any atom is 0.275 e. The molecule has 27 heavy (non-hydrogen) atoms. The van der Waals surface area contributed by atoms with Crippen LogP contribution in [0.5, 0.6) is 5.75 Å². The normalized spacial score (nSPS) is 10.3. The van der Waals surface area contributed by atoms with Gasteiger partial charge in [-0.1, -0.05) is 29.8 Å². The Bertz CT molecular complexity index is 928. The molecule has 1 aromatic heterocycles. The molecule has 0 saturated heterocycles. The maximum absolute atomic E-state index is 12.3. The van der Waals surface area contributed by atoms with Gasteiger partial charge in [0, 0.05) is 17.3 Å². The Kier molecular flexibility index (Phi) is 5.88. The first-order valence-corrected chi connectivity index (χ1v) is 8.69. The van der Waals surface area contributed by atoms with Gasteiger partial charge < -0.3 is 15.4 Å². The average Bonchev–Trinajstić information content (AvgIpc) is 2.70. The number of benzene rings is 2. The molecule has 2 N–H and O–H groups in total. The summed E-state index contributed by atoms with van der Waals surface area (Å²) in [6, 6.07) is 13.0. The second-order valence-electron chi connectivity index (χ2n) is 5.90. The number of aryl methyl sites for hydroxylation is 1. The summed E-state index contributed by atoms with van der Waals surface area (Å²) in [5.74, 6) is 1.06. The third-order valence-corrected chi connectivity index (χ3v) is 4.20. The Morgan fingerprint density at radius 2 is 1.89 bits per heavy atom. The molecule has 7 heteroatoms. The van der Waals surface area contributed by atoms with Crippen molar-refractivity contribution in [2.75, 3.05) is 17.7 Å². The lowest BCUT2D eigenvalue weighted by atomic mass is 10.2. The molecular weight excluding hydrogens is 364 g/mol. The van der Waals surface area contributed by atoms with Crippen LogP contribution in [0.25, 0.3) is 0 Å². The van der Waals surface area contributed by atoms with Crippen LogP contribution in [0.4, 0.5) is 11.5 Å². The third kappa shape index (κ3) is 4.95. The topological polar surface area (TPSA) is 76.1 Å². The lowest BCUT2D eigenvalue weighted by molar-refractivity contribution is 0.102. The number of halogens is 1. The van der Waals surface area contributed by atoms with Crippen molar-refractivity contribution >= 4 is 29.0 Å². The zero-order chi connectivity index (χ0) is 19.2. The van der Waals surface area contributed by atoms with E-state index in [0.29, 0.717) is 23.1 Å². The number of ether oxygens (including phenoxy) is 1. The summed E-state index contributed by atoms with van der Waals surface area (Å²) in [5.41, 5.74) is 2.87. The van der Waals surface area contributed by atoms with E-state index in [1.807, 2.05) is 37.3 Å². The Morgan fingerprint density at radius 3 is 2.56 bits per heavy atom. The Balaban J connectivity index is 1.60. The number of anilines is 2. The minimum absolute atomic E-state index is 0.226. The number of nitrogens with zero attached hydrogens (tertiary/aromatic N) is 2. The molecule has 1 heterocycles. The Morgan fingerprint density at radius 1 is 1.11 bits per heavy atom. The van der Waals surface area contributed by atoms with Crippen molar-refractivity contribution in [3.63, 3.8) is 0 Å². The summed E-state index contributed by atoms with van der Waals surface area (Å²) >= 11 is 5.97. The van der Waals surface area contributed by atoms with E-state index in [1.165, 1.54) is 12.4 Å². The maximum atomic E-state index is 12.3. The van der Waals surface area contributed by atoms with E-state index in [-0.39, 0.29) is 11.6 Å². The molecular formula is C20H19ClN4O2. The lowest BCUT2D eigenvalue weighted by Crippen LogP contribution is -2.15. The quantitative estimate of drug-likeness (QED) is 0.664. The first-order chi connectivity index (χ1) is 13.0. The summed E-state index contributed by atoms with van der Waals surface area (Å²) in [7, 11) is 1.63. The van der Waals surface area contributed by atoms with Gasteiger partial charge in [-0.25, -0.2) is 9.97 Å². The van der Waals surface area contributed by atoms with Crippen LogP contribution in [-0.4, -0.2) is 23.0 Å². The predicted octanol–water partition coefficient (Wildman–Crippen LogP) is 4.31. The number of carbonyl (C=O) groups excluding carboxylic acids is 1. The average molecular weight is 383 g/mol. The molecule has 138 valence electrons. The monoisotopic (exact) mass is 382 g/mol. The number of aromatic nitrogens is 2. The van der Waals surface area contributed by atoms with Crippen LogP contribution in [0.15, 0.2) is 54.9 Å². The number of rotatable bonds is 6. The van der Waals surface area contributed by atoms with Crippen LogP contribution >= 0.6 is 11.6 Å². The van der Waals surface area contributed by atoms with Gasteiger partial charge in [0.2, 0.25) is 0 Å². The number of nitrogens with one attached hydrogen (secondary N) is 2. The van der Waals surface area contributed by atoms with Crippen molar-refractivity contribution in [3.05, 3.63) is 76.7 Å². The summed E-state index contributed by atoms with van der Waals surface area (Å²) in [5, 5.41) is 6.52. The molecule has 1 amide bonds. The highest BCUT2D eigenvalue weighted by molar-refractivity contribution is 6.31. The molecule has 0 atom stereocenters. The molecule has 0 spiro atoms. The number of amides is 1. The molecule has 6 nitrogen and oxygen atoms in total. The summed E-state index contributed by atoms with van der Waals surface area (Å²) < 4.78 is 5.14. The van der Waals surface area contributed by atoms with Crippen LogP contribution in [0.3, 0.4) is 0 Å². The molecule has 0 saturated carbocycles. The minimum Gasteiger partial charge on any atom is -0.497 e. The van der Waals surface area contributed by atoms with E-state index < -0.39 is 0 Å². The van der Waals surface area contributed by atoms with Crippen molar-refractivity contribution in [2.24, 2.45) is 0 Å². The fourth-order valence-electron chi connectivity index (χ4n) is 2.39. The first kappa shape index (κ1) is 18.7. The van der Waals surface area contributed by atoms with Gasteiger partial charge >= 0.3 is 0 Å². The van der Waals surface area contributed by atoms with Gasteiger partial charge in [0.1, 0.15) is 17.3 Å². The van der Waals surface area contributed by atoms with Crippen molar-refractivity contribution in [3.8, 4) is 5.75 Å². The van der Waals surface area contributed by atoms with Gasteiger partial charge in [0.05, 0.1) is 19.5 Å².